The van der Waals surface area contributed by atoms with Crippen molar-refractivity contribution in [3.63, 3.8) is 0 Å². The summed E-state index contributed by atoms with van der Waals surface area (Å²) in [5, 5.41) is 9.61. The summed E-state index contributed by atoms with van der Waals surface area (Å²) in [6, 6.07) is 0. The third-order valence-corrected chi connectivity index (χ3v) is 4.11. The summed E-state index contributed by atoms with van der Waals surface area (Å²) in [6.07, 6.45) is 6.48. The van der Waals surface area contributed by atoms with E-state index in [0.29, 0.717) is 12.0 Å². The molecule has 2 aliphatic rings. The van der Waals surface area contributed by atoms with Crippen molar-refractivity contribution in [3.8, 4) is 0 Å². The van der Waals surface area contributed by atoms with Crippen molar-refractivity contribution in [3.05, 3.63) is 0 Å². The van der Waals surface area contributed by atoms with Gasteiger partial charge >= 0.3 is 0 Å². The predicted octanol–water partition coefficient (Wildman–Crippen LogP) is 2.27. The first-order valence-corrected chi connectivity index (χ1v) is 6.39. The Bertz CT molecular complexity index is 211. The SMILES string of the molecule is CC1(C)CN(CC2(CO)CCCCC2)C1. The van der Waals surface area contributed by atoms with E-state index in [9.17, 15) is 5.11 Å². The van der Waals surface area contributed by atoms with Gasteiger partial charge in [0.15, 0.2) is 0 Å². The molecular weight excluding hydrogens is 186 g/mol. The Balaban J connectivity index is 1.85. The molecule has 0 aromatic rings. The van der Waals surface area contributed by atoms with Crippen molar-refractivity contribution in [2.45, 2.75) is 46.0 Å². The summed E-state index contributed by atoms with van der Waals surface area (Å²) in [7, 11) is 0. The summed E-state index contributed by atoms with van der Waals surface area (Å²) >= 11 is 0. The van der Waals surface area contributed by atoms with E-state index in [4.69, 9.17) is 0 Å². The summed E-state index contributed by atoms with van der Waals surface area (Å²) in [5.41, 5.74) is 0.764. The number of hydrogen-bond acceptors (Lipinski definition) is 2. The molecule has 1 N–H and O–H groups in total. The van der Waals surface area contributed by atoms with Crippen molar-refractivity contribution in [1.82, 2.24) is 4.90 Å². The first-order chi connectivity index (χ1) is 7.05. The third-order valence-electron chi connectivity index (χ3n) is 4.11. The van der Waals surface area contributed by atoms with Crippen LogP contribution in [0.3, 0.4) is 0 Å². The molecule has 0 unspecified atom stereocenters. The van der Waals surface area contributed by atoms with Gasteiger partial charge in [-0.2, -0.15) is 0 Å². The Labute approximate surface area is 93.7 Å². The zero-order chi connectivity index (χ0) is 10.9. The molecule has 1 saturated heterocycles. The van der Waals surface area contributed by atoms with Crippen molar-refractivity contribution < 1.29 is 5.11 Å². The van der Waals surface area contributed by atoms with Crippen LogP contribution in [0.25, 0.3) is 0 Å². The van der Waals surface area contributed by atoms with Gasteiger partial charge in [-0.15, -0.1) is 0 Å². The molecule has 0 radical (unpaired) electrons. The van der Waals surface area contributed by atoms with E-state index in [2.05, 4.69) is 18.7 Å². The van der Waals surface area contributed by atoms with Crippen LogP contribution in [-0.2, 0) is 0 Å². The predicted molar refractivity (Wildman–Crippen MR) is 62.8 cm³/mol. The number of nitrogens with zero attached hydrogens (tertiary/aromatic N) is 1. The van der Waals surface area contributed by atoms with Gasteiger partial charge in [-0.1, -0.05) is 33.1 Å². The Morgan fingerprint density at radius 2 is 1.67 bits per heavy atom. The number of likely N-dealkylation sites (tertiary alicyclic amines) is 1. The van der Waals surface area contributed by atoms with E-state index in [1.807, 2.05) is 0 Å². The number of aliphatic hydroxyl groups excluding tert-OH is 1. The largest absolute Gasteiger partial charge is 0.396 e. The van der Waals surface area contributed by atoms with E-state index in [-0.39, 0.29) is 5.41 Å². The fourth-order valence-corrected chi connectivity index (χ4v) is 3.42. The molecule has 1 heterocycles. The molecule has 88 valence electrons. The average molecular weight is 211 g/mol. The minimum atomic E-state index is 0.245. The Morgan fingerprint density at radius 1 is 1.07 bits per heavy atom. The molecule has 0 spiro atoms. The number of aliphatic hydroxyl groups is 1. The first kappa shape index (κ1) is 11.4. The number of hydrogen-bond donors (Lipinski definition) is 1. The highest BCUT2D eigenvalue weighted by Crippen LogP contribution is 2.39. The molecule has 1 aliphatic heterocycles. The normalized spacial score (nSPS) is 29.8. The highest BCUT2D eigenvalue weighted by Gasteiger charge is 2.40. The van der Waals surface area contributed by atoms with Crippen LogP contribution < -0.4 is 0 Å². The van der Waals surface area contributed by atoms with Crippen LogP contribution in [0, 0.1) is 10.8 Å². The molecular formula is C13H25NO. The second-order valence-electron chi connectivity index (χ2n) is 6.53. The molecule has 1 saturated carbocycles. The lowest BCUT2D eigenvalue weighted by Crippen LogP contribution is -2.57. The average Bonchev–Trinajstić information content (AvgIpc) is 2.16. The summed E-state index contributed by atoms with van der Waals surface area (Å²) in [5.74, 6) is 0. The second-order valence-corrected chi connectivity index (χ2v) is 6.53. The third kappa shape index (κ3) is 2.54. The van der Waals surface area contributed by atoms with E-state index in [1.165, 1.54) is 45.2 Å². The molecule has 2 fully saturated rings. The molecule has 0 bridgehead atoms. The van der Waals surface area contributed by atoms with E-state index < -0.39 is 0 Å². The van der Waals surface area contributed by atoms with E-state index >= 15 is 0 Å². The lowest BCUT2D eigenvalue weighted by molar-refractivity contribution is -0.0352. The van der Waals surface area contributed by atoms with Crippen LogP contribution in [0.15, 0.2) is 0 Å². The summed E-state index contributed by atoms with van der Waals surface area (Å²) in [6.45, 7) is 8.62. The maximum Gasteiger partial charge on any atom is 0.0499 e. The Hall–Kier alpha value is -0.0800. The second kappa shape index (κ2) is 4.06. The van der Waals surface area contributed by atoms with Crippen LogP contribution in [0.4, 0.5) is 0 Å². The topological polar surface area (TPSA) is 23.5 Å². The number of rotatable bonds is 3. The van der Waals surface area contributed by atoms with Crippen LogP contribution in [0.5, 0.6) is 0 Å². The van der Waals surface area contributed by atoms with Gasteiger partial charge in [-0.05, 0) is 18.3 Å². The molecule has 15 heavy (non-hydrogen) atoms. The van der Waals surface area contributed by atoms with Crippen LogP contribution in [-0.4, -0.2) is 36.2 Å². The quantitative estimate of drug-likeness (QED) is 0.774. The summed E-state index contributed by atoms with van der Waals surface area (Å²) < 4.78 is 0. The van der Waals surface area contributed by atoms with Gasteiger partial charge in [0.1, 0.15) is 0 Å². The van der Waals surface area contributed by atoms with Crippen molar-refractivity contribution in [2.24, 2.45) is 10.8 Å². The fraction of sp³-hybridized carbons (Fsp3) is 1.00. The van der Waals surface area contributed by atoms with Gasteiger partial charge in [0, 0.05) is 31.7 Å². The molecule has 2 nitrogen and oxygen atoms in total. The van der Waals surface area contributed by atoms with Crippen LogP contribution in [0.2, 0.25) is 0 Å². The lowest BCUT2D eigenvalue weighted by Gasteiger charge is -2.50. The van der Waals surface area contributed by atoms with Crippen molar-refractivity contribution in [2.75, 3.05) is 26.2 Å². The monoisotopic (exact) mass is 211 g/mol. The molecule has 0 amide bonds. The van der Waals surface area contributed by atoms with E-state index in [0.717, 1.165) is 6.54 Å². The molecule has 2 rings (SSSR count). The summed E-state index contributed by atoms with van der Waals surface area (Å²) in [4.78, 5) is 2.53. The van der Waals surface area contributed by atoms with Crippen molar-refractivity contribution >= 4 is 0 Å². The van der Waals surface area contributed by atoms with E-state index in [1.54, 1.807) is 0 Å². The van der Waals surface area contributed by atoms with Gasteiger partial charge < -0.3 is 10.0 Å². The van der Waals surface area contributed by atoms with Gasteiger partial charge in [0.05, 0.1) is 0 Å². The first-order valence-electron chi connectivity index (χ1n) is 6.39. The smallest absolute Gasteiger partial charge is 0.0499 e. The standard InChI is InChI=1S/C13H25NO/c1-12(2)8-14(9-12)10-13(11-15)6-4-3-5-7-13/h15H,3-11H2,1-2H3. The molecule has 2 heteroatoms. The molecule has 0 aromatic carbocycles. The van der Waals surface area contributed by atoms with Gasteiger partial charge in [-0.3, -0.25) is 0 Å². The molecule has 0 aromatic heterocycles. The molecule has 1 aliphatic carbocycles. The Morgan fingerprint density at radius 3 is 2.13 bits per heavy atom. The minimum absolute atomic E-state index is 0.245. The zero-order valence-electron chi connectivity index (χ0n) is 10.3. The van der Waals surface area contributed by atoms with Gasteiger partial charge in [0.2, 0.25) is 0 Å². The fourth-order valence-electron chi connectivity index (χ4n) is 3.42. The highest BCUT2D eigenvalue weighted by atomic mass is 16.3. The highest BCUT2D eigenvalue weighted by molar-refractivity contribution is 4.93. The Kier molecular flexibility index (Phi) is 3.09. The zero-order valence-corrected chi connectivity index (χ0v) is 10.3. The van der Waals surface area contributed by atoms with Crippen LogP contribution >= 0.6 is 0 Å². The molecule has 0 atom stereocenters. The van der Waals surface area contributed by atoms with Crippen LogP contribution in [0.1, 0.15) is 46.0 Å². The maximum atomic E-state index is 9.61. The maximum absolute atomic E-state index is 9.61. The lowest BCUT2D eigenvalue weighted by atomic mass is 9.72. The van der Waals surface area contributed by atoms with Gasteiger partial charge in [-0.25, -0.2) is 0 Å². The van der Waals surface area contributed by atoms with Crippen molar-refractivity contribution in [1.29, 1.82) is 0 Å². The van der Waals surface area contributed by atoms with Gasteiger partial charge in [0.25, 0.3) is 0 Å². The minimum Gasteiger partial charge on any atom is -0.396 e.